The summed E-state index contributed by atoms with van der Waals surface area (Å²) in [5.74, 6) is 0. The van der Waals surface area contributed by atoms with Crippen molar-refractivity contribution in [3.05, 3.63) is 29.3 Å². The maximum atomic E-state index is 12.4. The Kier molecular flexibility index (Phi) is 5.20. The lowest BCUT2D eigenvalue weighted by atomic mass is 10.2. The Bertz CT molecular complexity index is 512. The van der Waals surface area contributed by atoms with Gasteiger partial charge < -0.3 is 0 Å². The third-order valence-electron chi connectivity index (χ3n) is 2.87. The smallest absolute Gasteiger partial charge is 0.207 e. The highest BCUT2D eigenvalue weighted by molar-refractivity contribution is 7.89. The van der Waals surface area contributed by atoms with Crippen LogP contribution in [0.4, 0.5) is 0 Å². The van der Waals surface area contributed by atoms with E-state index in [4.69, 9.17) is 11.6 Å². The molecule has 1 atom stereocenters. The Hall–Kier alpha value is -0.580. The van der Waals surface area contributed by atoms with E-state index in [1.54, 1.807) is 13.1 Å². The molecule has 0 saturated heterocycles. The van der Waals surface area contributed by atoms with Crippen LogP contribution >= 0.6 is 11.6 Å². The van der Waals surface area contributed by atoms with Gasteiger partial charge in [-0.15, -0.1) is 11.6 Å². The van der Waals surface area contributed by atoms with Crippen LogP contribution in [0.5, 0.6) is 0 Å². The van der Waals surface area contributed by atoms with Gasteiger partial charge in [0.15, 0.2) is 0 Å². The van der Waals surface area contributed by atoms with Crippen LogP contribution in [0.3, 0.4) is 0 Å². The van der Waals surface area contributed by atoms with Crippen molar-refractivity contribution in [3.8, 4) is 0 Å². The summed E-state index contributed by atoms with van der Waals surface area (Å²) >= 11 is 5.85. The van der Waals surface area contributed by atoms with Gasteiger partial charge in [-0.1, -0.05) is 12.1 Å². The monoisotopic (exact) mass is 289 g/mol. The number of alkyl halides is 1. The van der Waals surface area contributed by atoms with Crippen molar-refractivity contribution in [1.29, 1.82) is 0 Å². The van der Waals surface area contributed by atoms with E-state index in [9.17, 15) is 8.42 Å². The van der Waals surface area contributed by atoms with Crippen LogP contribution < -0.4 is 0 Å². The van der Waals surface area contributed by atoms with E-state index >= 15 is 0 Å². The Morgan fingerprint density at radius 1 is 1.33 bits per heavy atom. The first-order valence-corrected chi connectivity index (χ1v) is 7.80. The zero-order valence-electron chi connectivity index (χ0n) is 11.3. The molecule has 0 fully saturated rings. The standard InChI is InChI=1S/C13H20ClNO2S/c1-10-5-6-11(2)13(9-10)18(16,17)15(4)8-7-12(3)14/h5-6,9,12H,7-8H2,1-4H3. The van der Waals surface area contributed by atoms with Crippen molar-refractivity contribution >= 4 is 21.6 Å². The van der Waals surface area contributed by atoms with Gasteiger partial charge >= 0.3 is 0 Å². The molecular formula is C13H20ClNO2S. The molecule has 1 aromatic carbocycles. The first-order chi connectivity index (χ1) is 8.25. The molecule has 1 rings (SSSR count). The van der Waals surface area contributed by atoms with Gasteiger partial charge in [-0.3, -0.25) is 0 Å². The van der Waals surface area contributed by atoms with Crippen LogP contribution in [0.2, 0.25) is 0 Å². The van der Waals surface area contributed by atoms with Crippen molar-refractivity contribution in [2.24, 2.45) is 0 Å². The molecule has 0 radical (unpaired) electrons. The fraction of sp³-hybridized carbons (Fsp3) is 0.538. The number of aryl methyl sites for hydroxylation is 2. The maximum Gasteiger partial charge on any atom is 0.243 e. The first-order valence-electron chi connectivity index (χ1n) is 5.93. The van der Waals surface area contributed by atoms with Gasteiger partial charge in [-0.05, 0) is 44.4 Å². The summed E-state index contributed by atoms with van der Waals surface area (Å²) < 4.78 is 26.2. The minimum absolute atomic E-state index is 0.0266. The van der Waals surface area contributed by atoms with Crippen LogP contribution in [0.25, 0.3) is 0 Å². The molecule has 18 heavy (non-hydrogen) atoms. The van der Waals surface area contributed by atoms with E-state index in [0.29, 0.717) is 17.9 Å². The Morgan fingerprint density at radius 3 is 2.50 bits per heavy atom. The summed E-state index contributed by atoms with van der Waals surface area (Å²) in [6.07, 6.45) is 0.641. The van der Waals surface area contributed by atoms with Crippen molar-refractivity contribution in [1.82, 2.24) is 4.31 Å². The molecule has 102 valence electrons. The predicted molar refractivity (Wildman–Crippen MR) is 75.7 cm³/mol. The van der Waals surface area contributed by atoms with Crippen LogP contribution in [-0.2, 0) is 10.0 Å². The SMILES string of the molecule is Cc1ccc(C)c(S(=O)(=O)N(C)CCC(C)Cl)c1. The average Bonchev–Trinajstić information content (AvgIpc) is 2.28. The van der Waals surface area contributed by atoms with Gasteiger partial charge in [0.05, 0.1) is 4.90 Å². The van der Waals surface area contributed by atoms with Crippen molar-refractivity contribution in [2.45, 2.75) is 37.5 Å². The van der Waals surface area contributed by atoms with Crippen molar-refractivity contribution in [3.63, 3.8) is 0 Å². The lowest BCUT2D eigenvalue weighted by molar-refractivity contribution is 0.460. The third-order valence-corrected chi connectivity index (χ3v) is 5.09. The Balaban J connectivity index is 3.02. The zero-order chi connectivity index (χ0) is 13.9. The molecule has 0 N–H and O–H groups in total. The number of hydrogen-bond acceptors (Lipinski definition) is 2. The normalized spacial score (nSPS) is 13.9. The van der Waals surface area contributed by atoms with Gasteiger partial charge in [-0.25, -0.2) is 12.7 Å². The molecule has 0 heterocycles. The zero-order valence-corrected chi connectivity index (χ0v) is 12.8. The first kappa shape index (κ1) is 15.5. The summed E-state index contributed by atoms with van der Waals surface area (Å²) in [6.45, 7) is 5.99. The minimum Gasteiger partial charge on any atom is -0.207 e. The second kappa shape index (κ2) is 6.04. The summed E-state index contributed by atoms with van der Waals surface area (Å²) in [5, 5.41) is -0.0266. The second-order valence-corrected chi connectivity index (χ2v) is 7.42. The molecule has 5 heteroatoms. The number of sulfonamides is 1. The Labute approximate surface area is 115 Å². The summed E-state index contributed by atoms with van der Waals surface area (Å²) in [6, 6.07) is 5.46. The molecule has 3 nitrogen and oxygen atoms in total. The van der Waals surface area contributed by atoms with Gasteiger partial charge in [0.25, 0.3) is 0 Å². The molecule has 0 aliphatic rings. The fourth-order valence-electron chi connectivity index (χ4n) is 1.63. The summed E-state index contributed by atoms with van der Waals surface area (Å²) in [5.41, 5.74) is 1.71. The van der Waals surface area contributed by atoms with Crippen LogP contribution in [-0.4, -0.2) is 31.7 Å². The number of hydrogen-bond donors (Lipinski definition) is 0. The van der Waals surface area contributed by atoms with E-state index < -0.39 is 10.0 Å². The predicted octanol–water partition coefficient (Wildman–Crippen LogP) is 2.94. The fourth-order valence-corrected chi connectivity index (χ4v) is 3.22. The van der Waals surface area contributed by atoms with Crippen molar-refractivity contribution in [2.75, 3.05) is 13.6 Å². The van der Waals surface area contributed by atoms with E-state index in [-0.39, 0.29) is 5.38 Å². The molecule has 0 aromatic heterocycles. The maximum absolute atomic E-state index is 12.4. The molecule has 0 bridgehead atoms. The van der Waals surface area contributed by atoms with E-state index in [2.05, 4.69) is 0 Å². The van der Waals surface area contributed by atoms with Gasteiger partial charge in [0, 0.05) is 19.0 Å². The lowest BCUT2D eigenvalue weighted by Gasteiger charge is -2.19. The molecule has 0 aliphatic heterocycles. The molecule has 0 aliphatic carbocycles. The largest absolute Gasteiger partial charge is 0.243 e. The van der Waals surface area contributed by atoms with E-state index in [1.807, 2.05) is 32.9 Å². The minimum atomic E-state index is -3.41. The topological polar surface area (TPSA) is 37.4 Å². The lowest BCUT2D eigenvalue weighted by Crippen LogP contribution is -2.29. The van der Waals surface area contributed by atoms with Gasteiger partial charge in [-0.2, -0.15) is 0 Å². The summed E-state index contributed by atoms with van der Waals surface area (Å²) in [7, 11) is -1.82. The number of nitrogens with zero attached hydrogens (tertiary/aromatic N) is 1. The number of rotatable bonds is 5. The van der Waals surface area contributed by atoms with Crippen LogP contribution in [0, 0.1) is 13.8 Å². The van der Waals surface area contributed by atoms with Crippen LogP contribution in [0.1, 0.15) is 24.5 Å². The molecular weight excluding hydrogens is 270 g/mol. The highest BCUT2D eigenvalue weighted by atomic mass is 35.5. The van der Waals surface area contributed by atoms with Crippen LogP contribution in [0.15, 0.2) is 23.1 Å². The van der Waals surface area contributed by atoms with Gasteiger partial charge in [0.2, 0.25) is 10.0 Å². The third kappa shape index (κ3) is 3.70. The van der Waals surface area contributed by atoms with E-state index in [0.717, 1.165) is 11.1 Å². The Morgan fingerprint density at radius 2 is 1.94 bits per heavy atom. The molecule has 1 aromatic rings. The number of benzene rings is 1. The molecule has 1 unspecified atom stereocenters. The average molecular weight is 290 g/mol. The highest BCUT2D eigenvalue weighted by Crippen LogP contribution is 2.20. The molecule has 0 amide bonds. The quantitative estimate of drug-likeness (QED) is 0.782. The highest BCUT2D eigenvalue weighted by Gasteiger charge is 2.22. The molecule has 0 spiro atoms. The van der Waals surface area contributed by atoms with Crippen molar-refractivity contribution < 1.29 is 8.42 Å². The van der Waals surface area contributed by atoms with E-state index in [1.165, 1.54) is 4.31 Å². The molecule has 0 saturated carbocycles. The van der Waals surface area contributed by atoms with Gasteiger partial charge in [0.1, 0.15) is 0 Å². The second-order valence-electron chi connectivity index (χ2n) is 4.66. The summed E-state index contributed by atoms with van der Waals surface area (Å²) in [4.78, 5) is 0.382. The number of halogens is 1.